The molecule has 0 aromatic carbocycles. The molecule has 0 aliphatic carbocycles. The highest BCUT2D eigenvalue weighted by molar-refractivity contribution is 5.59. The number of nitrogens with two attached hydrogens (primary N) is 1. The highest BCUT2D eigenvalue weighted by Gasteiger charge is 2.12. The summed E-state index contributed by atoms with van der Waals surface area (Å²) in [7, 11) is 1.71. The maximum absolute atomic E-state index is 5.75. The Kier molecular flexibility index (Phi) is 3.05. The molecule has 1 atom stereocenters. The molecule has 0 fully saturated rings. The number of nitrogen functional groups attached to an aromatic ring is 1. The Labute approximate surface area is 94.3 Å². The third-order valence-corrected chi connectivity index (χ3v) is 2.74. The zero-order chi connectivity index (χ0) is 11.5. The molecule has 0 radical (unpaired) electrons. The van der Waals surface area contributed by atoms with Gasteiger partial charge in [0.1, 0.15) is 0 Å². The SMILES string of the molecule is COCCC(C)c1cnc2c(N)nccn12. The summed E-state index contributed by atoms with van der Waals surface area (Å²) in [5.41, 5.74) is 7.61. The largest absolute Gasteiger partial charge is 0.385 e. The number of anilines is 1. The number of hydrogen-bond acceptors (Lipinski definition) is 4. The normalized spacial score (nSPS) is 13.1. The molecule has 0 aliphatic heterocycles. The minimum Gasteiger partial charge on any atom is -0.385 e. The van der Waals surface area contributed by atoms with Crippen LogP contribution in [0.1, 0.15) is 25.0 Å². The van der Waals surface area contributed by atoms with Crippen LogP contribution >= 0.6 is 0 Å². The second kappa shape index (κ2) is 4.49. The van der Waals surface area contributed by atoms with Crippen LogP contribution in [0.25, 0.3) is 5.65 Å². The lowest BCUT2D eigenvalue weighted by Gasteiger charge is -2.10. The van der Waals surface area contributed by atoms with E-state index in [1.807, 2.05) is 16.8 Å². The fraction of sp³-hybridized carbons (Fsp3) is 0.455. The molecule has 2 aromatic rings. The standard InChI is InChI=1S/C11H16N4O/c1-8(3-6-16-2)9-7-14-11-10(12)13-4-5-15(9)11/h4-5,7-8H,3,6H2,1-2H3,(H2,12,13). The van der Waals surface area contributed by atoms with E-state index in [4.69, 9.17) is 10.5 Å². The van der Waals surface area contributed by atoms with Gasteiger partial charge >= 0.3 is 0 Å². The molecule has 2 heterocycles. The molecule has 2 rings (SSSR count). The summed E-state index contributed by atoms with van der Waals surface area (Å²) in [6.45, 7) is 2.90. The monoisotopic (exact) mass is 220 g/mol. The van der Waals surface area contributed by atoms with Gasteiger partial charge in [-0.25, -0.2) is 9.97 Å². The summed E-state index contributed by atoms with van der Waals surface area (Å²) in [5.74, 6) is 0.851. The molecule has 0 spiro atoms. The van der Waals surface area contributed by atoms with Crippen molar-refractivity contribution in [3.63, 3.8) is 0 Å². The second-order valence-electron chi connectivity index (χ2n) is 3.87. The van der Waals surface area contributed by atoms with Gasteiger partial charge < -0.3 is 10.5 Å². The number of aromatic nitrogens is 3. The minimum absolute atomic E-state index is 0.386. The van der Waals surface area contributed by atoms with E-state index in [1.54, 1.807) is 13.3 Å². The fourth-order valence-corrected chi connectivity index (χ4v) is 1.77. The summed E-state index contributed by atoms with van der Waals surface area (Å²) < 4.78 is 7.07. The highest BCUT2D eigenvalue weighted by Crippen LogP contribution is 2.21. The number of rotatable bonds is 4. The summed E-state index contributed by atoms with van der Waals surface area (Å²) in [5, 5.41) is 0. The molecule has 16 heavy (non-hydrogen) atoms. The average Bonchev–Trinajstić information content (AvgIpc) is 2.71. The van der Waals surface area contributed by atoms with Gasteiger partial charge in [0.25, 0.3) is 0 Å². The van der Waals surface area contributed by atoms with E-state index in [0.717, 1.165) is 24.4 Å². The van der Waals surface area contributed by atoms with Crippen LogP contribution in [0.4, 0.5) is 5.82 Å². The summed E-state index contributed by atoms with van der Waals surface area (Å²) in [4.78, 5) is 8.29. The summed E-state index contributed by atoms with van der Waals surface area (Å²) in [6.07, 6.45) is 6.40. The fourth-order valence-electron chi connectivity index (χ4n) is 1.77. The van der Waals surface area contributed by atoms with Crippen molar-refractivity contribution in [1.29, 1.82) is 0 Å². The lowest BCUT2D eigenvalue weighted by molar-refractivity contribution is 0.189. The van der Waals surface area contributed by atoms with Crippen LogP contribution < -0.4 is 5.73 Å². The van der Waals surface area contributed by atoms with Crippen LogP contribution in [0.5, 0.6) is 0 Å². The minimum atomic E-state index is 0.386. The van der Waals surface area contributed by atoms with Crippen molar-refractivity contribution < 1.29 is 4.74 Å². The van der Waals surface area contributed by atoms with Crippen molar-refractivity contribution in [2.24, 2.45) is 0 Å². The first kappa shape index (κ1) is 10.9. The number of ether oxygens (including phenoxy) is 1. The first-order valence-corrected chi connectivity index (χ1v) is 5.30. The molecule has 0 saturated carbocycles. The van der Waals surface area contributed by atoms with Crippen LogP contribution in [0.15, 0.2) is 18.6 Å². The first-order valence-electron chi connectivity index (χ1n) is 5.30. The van der Waals surface area contributed by atoms with Crippen LogP contribution in [0.2, 0.25) is 0 Å². The Bertz CT molecular complexity index is 480. The third kappa shape index (κ3) is 1.86. The van der Waals surface area contributed by atoms with Crippen LogP contribution in [-0.2, 0) is 4.74 Å². The summed E-state index contributed by atoms with van der Waals surface area (Å²) in [6, 6.07) is 0. The molecule has 0 saturated heterocycles. The molecular weight excluding hydrogens is 204 g/mol. The average molecular weight is 220 g/mol. The Morgan fingerprint density at radius 1 is 1.50 bits per heavy atom. The van der Waals surface area contributed by atoms with Gasteiger partial charge in [-0.2, -0.15) is 0 Å². The molecule has 1 unspecified atom stereocenters. The zero-order valence-corrected chi connectivity index (χ0v) is 9.55. The van der Waals surface area contributed by atoms with Crippen LogP contribution in [0.3, 0.4) is 0 Å². The third-order valence-electron chi connectivity index (χ3n) is 2.74. The van der Waals surface area contributed by atoms with Gasteiger partial charge in [0.15, 0.2) is 11.5 Å². The smallest absolute Gasteiger partial charge is 0.180 e. The lowest BCUT2D eigenvalue weighted by atomic mass is 10.1. The topological polar surface area (TPSA) is 65.4 Å². The van der Waals surface area contributed by atoms with Crippen LogP contribution in [-0.4, -0.2) is 28.1 Å². The van der Waals surface area contributed by atoms with Crippen LogP contribution in [0, 0.1) is 0 Å². The van der Waals surface area contributed by atoms with Gasteiger partial charge in [-0.1, -0.05) is 6.92 Å². The molecular formula is C11H16N4O. The molecule has 0 amide bonds. The van der Waals surface area contributed by atoms with E-state index in [1.165, 1.54) is 0 Å². The molecule has 2 aromatic heterocycles. The van der Waals surface area contributed by atoms with E-state index < -0.39 is 0 Å². The number of nitrogens with zero attached hydrogens (tertiary/aromatic N) is 3. The Morgan fingerprint density at radius 2 is 2.31 bits per heavy atom. The van der Waals surface area contributed by atoms with Gasteiger partial charge in [0.2, 0.25) is 0 Å². The number of methoxy groups -OCH3 is 1. The first-order chi connectivity index (χ1) is 7.74. The van der Waals surface area contributed by atoms with E-state index in [9.17, 15) is 0 Å². The molecule has 86 valence electrons. The van der Waals surface area contributed by atoms with Crippen molar-refractivity contribution in [1.82, 2.24) is 14.4 Å². The van der Waals surface area contributed by atoms with Gasteiger partial charge in [0.05, 0.1) is 0 Å². The lowest BCUT2D eigenvalue weighted by Crippen LogP contribution is -2.03. The quantitative estimate of drug-likeness (QED) is 0.847. The van der Waals surface area contributed by atoms with Gasteiger partial charge in [-0.05, 0) is 6.42 Å². The maximum atomic E-state index is 5.75. The van der Waals surface area contributed by atoms with E-state index in [-0.39, 0.29) is 0 Å². The number of hydrogen-bond donors (Lipinski definition) is 1. The zero-order valence-electron chi connectivity index (χ0n) is 9.55. The molecule has 2 N–H and O–H groups in total. The van der Waals surface area contributed by atoms with Crippen molar-refractivity contribution in [2.45, 2.75) is 19.3 Å². The van der Waals surface area contributed by atoms with E-state index >= 15 is 0 Å². The van der Waals surface area contributed by atoms with Gasteiger partial charge in [-0.15, -0.1) is 0 Å². The van der Waals surface area contributed by atoms with Crippen molar-refractivity contribution in [3.05, 3.63) is 24.3 Å². The molecule has 5 nitrogen and oxygen atoms in total. The van der Waals surface area contributed by atoms with Gasteiger partial charge in [0, 0.05) is 43.9 Å². The van der Waals surface area contributed by atoms with Crippen molar-refractivity contribution >= 4 is 11.5 Å². The van der Waals surface area contributed by atoms with E-state index in [2.05, 4.69) is 16.9 Å². The molecule has 5 heteroatoms. The number of imidazole rings is 1. The van der Waals surface area contributed by atoms with Crippen molar-refractivity contribution in [2.75, 3.05) is 19.5 Å². The Hall–Kier alpha value is -1.62. The molecule has 0 bridgehead atoms. The van der Waals surface area contributed by atoms with E-state index in [0.29, 0.717) is 11.7 Å². The Morgan fingerprint density at radius 3 is 3.06 bits per heavy atom. The molecule has 0 aliphatic rings. The summed E-state index contributed by atoms with van der Waals surface area (Å²) >= 11 is 0. The number of fused-ring (bicyclic) bond motifs is 1. The maximum Gasteiger partial charge on any atom is 0.180 e. The highest BCUT2D eigenvalue weighted by atomic mass is 16.5. The Balaban J connectivity index is 2.34. The van der Waals surface area contributed by atoms with Gasteiger partial charge in [-0.3, -0.25) is 4.40 Å². The predicted octanol–water partition coefficient (Wildman–Crippen LogP) is 1.45. The van der Waals surface area contributed by atoms with Crippen molar-refractivity contribution in [3.8, 4) is 0 Å². The predicted molar refractivity (Wildman–Crippen MR) is 62.3 cm³/mol. The second-order valence-corrected chi connectivity index (χ2v) is 3.87.